The molecule has 1 aromatic heterocycles. The van der Waals surface area contributed by atoms with Gasteiger partial charge in [0.25, 0.3) is 0 Å². The van der Waals surface area contributed by atoms with Crippen molar-refractivity contribution >= 4 is 21.7 Å². The van der Waals surface area contributed by atoms with E-state index in [9.17, 15) is 0 Å². The first-order chi connectivity index (χ1) is 7.33. The van der Waals surface area contributed by atoms with E-state index in [4.69, 9.17) is 5.84 Å². The lowest BCUT2D eigenvalue weighted by molar-refractivity contribution is 1.12. The van der Waals surface area contributed by atoms with Gasteiger partial charge in [-0.1, -0.05) is 30.3 Å². The average molecular weight is 265 g/mol. The van der Waals surface area contributed by atoms with E-state index in [2.05, 4.69) is 31.3 Å². The van der Waals surface area contributed by atoms with Crippen molar-refractivity contribution < 1.29 is 0 Å². The average Bonchev–Trinajstić information content (AvgIpc) is 2.29. The van der Waals surface area contributed by atoms with Crippen LogP contribution in [-0.2, 0) is 0 Å². The predicted molar refractivity (Wildman–Crippen MR) is 63.0 cm³/mol. The number of halogens is 1. The van der Waals surface area contributed by atoms with Crippen LogP contribution >= 0.6 is 15.9 Å². The standard InChI is InChI=1S/C10H9BrN4/c11-9-8(7-4-2-1-3-5-7)10(15-12)14-6-13-9/h1-6H,12H2,(H,13,14,15). The molecule has 0 unspecified atom stereocenters. The van der Waals surface area contributed by atoms with E-state index in [1.165, 1.54) is 6.33 Å². The number of nitrogens with zero attached hydrogens (tertiary/aromatic N) is 2. The first-order valence-corrected chi connectivity index (χ1v) is 5.14. The number of anilines is 1. The Morgan fingerprint density at radius 2 is 1.87 bits per heavy atom. The zero-order valence-electron chi connectivity index (χ0n) is 7.81. The second kappa shape index (κ2) is 4.37. The van der Waals surface area contributed by atoms with Gasteiger partial charge in [0.1, 0.15) is 10.9 Å². The van der Waals surface area contributed by atoms with Gasteiger partial charge in [0.05, 0.1) is 5.56 Å². The zero-order valence-corrected chi connectivity index (χ0v) is 9.40. The van der Waals surface area contributed by atoms with Crippen LogP contribution in [0, 0.1) is 0 Å². The van der Waals surface area contributed by atoms with Crippen molar-refractivity contribution in [1.82, 2.24) is 9.97 Å². The molecule has 2 aromatic rings. The Bertz CT molecular complexity index is 458. The van der Waals surface area contributed by atoms with Crippen molar-refractivity contribution in [3.8, 4) is 11.1 Å². The van der Waals surface area contributed by atoms with E-state index in [0.29, 0.717) is 5.82 Å². The molecular weight excluding hydrogens is 256 g/mol. The maximum Gasteiger partial charge on any atom is 0.152 e. The second-order valence-corrected chi connectivity index (χ2v) is 3.65. The highest BCUT2D eigenvalue weighted by atomic mass is 79.9. The third kappa shape index (κ3) is 1.98. The minimum Gasteiger partial charge on any atom is -0.308 e. The minimum absolute atomic E-state index is 0.600. The van der Waals surface area contributed by atoms with Crippen LogP contribution in [0.15, 0.2) is 41.3 Å². The van der Waals surface area contributed by atoms with Gasteiger partial charge in [0.15, 0.2) is 5.82 Å². The molecule has 0 saturated heterocycles. The molecule has 0 aliphatic heterocycles. The molecule has 0 fully saturated rings. The van der Waals surface area contributed by atoms with Crippen molar-refractivity contribution in [2.45, 2.75) is 0 Å². The monoisotopic (exact) mass is 264 g/mol. The summed E-state index contributed by atoms with van der Waals surface area (Å²) in [6.07, 6.45) is 1.45. The highest BCUT2D eigenvalue weighted by Gasteiger charge is 2.09. The number of hydrogen-bond acceptors (Lipinski definition) is 4. The highest BCUT2D eigenvalue weighted by Crippen LogP contribution is 2.31. The molecule has 1 heterocycles. The van der Waals surface area contributed by atoms with E-state index in [1.54, 1.807) is 0 Å². The smallest absolute Gasteiger partial charge is 0.152 e. The molecule has 76 valence electrons. The maximum atomic E-state index is 5.40. The number of nitrogen functional groups attached to an aromatic ring is 1. The van der Waals surface area contributed by atoms with Crippen molar-refractivity contribution in [2.24, 2.45) is 5.84 Å². The molecule has 1 aromatic carbocycles. The molecule has 5 heteroatoms. The van der Waals surface area contributed by atoms with Crippen molar-refractivity contribution in [2.75, 3.05) is 5.43 Å². The molecule has 4 nitrogen and oxygen atoms in total. The Labute approximate surface area is 95.7 Å². The van der Waals surface area contributed by atoms with Crippen LogP contribution in [0.1, 0.15) is 0 Å². The zero-order chi connectivity index (χ0) is 10.7. The van der Waals surface area contributed by atoms with Gasteiger partial charge in [-0.15, -0.1) is 0 Å². The van der Waals surface area contributed by atoms with Crippen LogP contribution < -0.4 is 11.3 Å². The number of nitrogens with two attached hydrogens (primary N) is 1. The van der Waals surface area contributed by atoms with Crippen LogP contribution in [0.25, 0.3) is 11.1 Å². The first kappa shape index (κ1) is 10.1. The lowest BCUT2D eigenvalue weighted by Crippen LogP contribution is -2.10. The van der Waals surface area contributed by atoms with E-state index in [-0.39, 0.29) is 0 Å². The molecule has 0 atom stereocenters. The summed E-state index contributed by atoms with van der Waals surface area (Å²) >= 11 is 3.38. The largest absolute Gasteiger partial charge is 0.308 e. The fourth-order valence-corrected chi connectivity index (χ4v) is 1.84. The lowest BCUT2D eigenvalue weighted by Gasteiger charge is -2.08. The van der Waals surface area contributed by atoms with Gasteiger partial charge in [-0.25, -0.2) is 15.8 Å². The van der Waals surface area contributed by atoms with Gasteiger partial charge in [-0.05, 0) is 21.5 Å². The maximum absolute atomic E-state index is 5.40. The molecule has 0 bridgehead atoms. The topological polar surface area (TPSA) is 63.8 Å². The minimum atomic E-state index is 0.600. The molecule has 0 radical (unpaired) electrons. The predicted octanol–water partition coefficient (Wildman–Crippen LogP) is 2.19. The number of benzene rings is 1. The van der Waals surface area contributed by atoms with E-state index in [0.717, 1.165) is 15.7 Å². The molecule has 0 saturated carbocycles. The SMILES string of the molecule is NNc1ncnc(Br)c1-c1ccccc1. The van der Waals surface area contributed by atoms with Gasteiger partial charge in [-0.2, -0.15) is 0 Å². The summed E-state index contributed by atoms with van der Waals surface area (Å²) in [5.41, 5.74) is 4.43. The van der Waals surface area contributed by atoms with Crippen molar-refractivity contribution in [1.29, 1.82) is 0 Å². The summed E-state index contributed by atoms with van der Waals surface area (Å²) in [5.74, 6) is 6.00. The summed E-state index contributed by atoms with van der Waals surface area (Å²) in [5, 5.41) is 0. The Hall–Kier alpha value is -1.46. The number of rotatable bonds is 2. The number of aromatic nitrogens is 2. The van der Waals surface area contributed by atoms with E-state index >= 15 is 0 Å². The van der Waals surface area contributed by atoms with Crippen molar-refractivity contribution in [3.05, 3.63) is 41.3 Å². The molecule has 3 N–H and O–H groups in total. The number of hydrogen-bond donors (Lipinski definition) is 2. The van der Waals surface area contributed by atoms with Gasteiger partial charge in [0, 0.05) is 0 Å². The Morgan fingerprint density at radius 3 is 2.53 bits per heavy atom. The van der Waals surface area contributed by atoms with E-state index < -0.39 is 0 Å². The summed E-state index contributed by atoms with van der Waals surface area (Å²) < 4.78 is 0.719. The fraction of sp³-hybridized carbons (Fsp3) is 0. The Balaban J connectivity index is 2.61. The van der Waals surface area contributed by atoms with E-state index in [1.807, 2.05) is 30.3 Å². The molecule has 0 spiro atoms. The molecular formula is C10H9BrN4. The second-order valence-electron chi connectivity index (χ2n) is 2.90. The van der Waals surface area contributed by atoms with Crippen LogP contribution in [0.2, 0.25) is 0 Å². The third-order valence-corrected chi connectivity index (χ3v) is 2.60. The first-order valence-electron chi connectivity index (χ1n) is 4.35. The quantitative estimate of drug-likeness (QED) is 0.496. The number of hydrazine groups is 1. The normalized spacial score (nSPS) is 10.0. The molecule has 0 aliphatic rings. The summed E-state index contributed by atoms with van der Waals surface area (Å²) in [6.45, 7) is 0. The number of nitrogens with one attached hydrogen (secondary N) is 1. The van der Waals surface area contributed by atoms with Crippen molar-refractivity contribution in [3.63, 3.8) is 0 Å². The van der Waals surface area contributed by atoms with Crippen LogP contribution in [0.3, 0.4) is 0 Å². The fourth-order valence-electron chi connectivity index (χ4n) is 1.33. The van der Waals surface area contributed by atoms with Gasteiger partial charge < -0.3 is 5.43 Å². The summed E-state index contributed by atoms with van der Waals surface area (Å²) in [7, 11) is 0. The highest BCUT2D eigenvalue weighted by molar-refractivity contribution is 9.10. The Kier molecular flexibility index (Phi) is 2.94. The van der Waals surface area contributed by atoms with Gasteiger partial charge >= 0.3 is 0 Å². The molecule has 15 heavy (non-hydrogen) atoms. The van der Waals surface area contributed by atoms with Gasteiger partial charge in [-0.3, -0.25) is 0 Å². The summed E-state index contributed by atoms with van der Waals surface area (Å²) in [6, 6.07) is 9.81. The van der Waals surface area contributed by atoms with Crippen LogP contribution in [0.5, 0.6) is 0 Å². The van der Waals surface area contributed by atoms with Crippen LogP contribution in [0.4, 0.5) is 5.82 Å². The lowest BCUT2D eigenvalue weighted by atomic mass is 10.1. The summed E-state index contributed by atoms with van der Waals surface area (Å²) in [4.78, 5) is 8.13. The third-order valence-electron chi connectivity index (χ3n) is 2.00. The van der Waals surface area contributed by atoms with Crippen LogP contribution in [-0.4, -0.2) is 9.97 Å². The van der Waals surface area contributed by atoms with Gasteiger partial charge in [0.2, 0.25) is 0 Å². The molecule has 0 aliphatic carbocycles. The molecule has 0 amide bonds. The molecule has 2 rings (SSSR count). The Morgan fingerprint density at radius 1 is 1.13 bits per heavy atom.